The van der Waals surface area contributed by atoms with Gasteiger partial charge in [-0.15, -0.1) is 11.3 Å². The number of carbonyl (C=O) groups excluding carboxylic acids is 1. The third-order valence-electron chi connectivity index (χ3n) is 3.96. The van der Waals surface area contributed by atoms with Crippen LogP contribution in [0.1, 0.15) is 33.8 Å². The normalized spacial score (nSPS) is 17.4. The van der Waals surface area contributed by atoms with E-state index in [1.165, 1.54) is 23.6 Å². The number of amides is 1. The SMILES string of the molecule is COc1ccc(C(=O)N2CCc3sccc3C2C)cc1O. The molecule has 110 valence electrons. The highest BCUT2D eigenvalue weighted by atomic mass is 32.1. The van der Waals surface area contributed by atoms with Gasteiger partial charge < -0.3 is 14.7 Å². The molecule has 1 unspecified atom stereocenters. The molecule has 4 nitrogen and oxygen atoms in total. The van der Waals surface area contributed by atoms with Crippen molar-refractivity contribution in [2.24, 2.45) is 0 Å². The topological polar surface area (TPSA) is 49.8 Å². The van der Waals surface area contributed by atoms with Gasteiger partial charge in [0.25, 0.3) is 5.91 Å². The van der Waals surface area contributed by atoms with E-state index >= 15 is 0 Å². The van der Waals surface area contributed by atoms with Gasteiger partial charge in [-0.1, -0.05) is 0 Å². The van der Waals surface area contributed by atoms with Gasteiger partial charge in [-0.3, -0.25) is 4.79 Å². The van der Waals surface area contributed by atoms with E-state index in [-0.39, 0.29) is 17.7 Å². The van der Waals surface area contributed by atoms with E-state index in [0.29, 0.717) is 17.9 Å². The Balaban J connectivity index is 1.88. The molecule has 1 aliphatic rings. The number of ether oxygens (including phenoxy) is 1. The van der Waals surface area contributed by atoms with Gasteiger partial charge in [0.05, 0.1) is 13.2 Å². The smallest absolute Gasteiger partial charge is 0.254 e. The Morgan fingerprint density at radius 3 is 2.95 bits per heavy atom. The first-order valence-electron chi connectivity index (χ1n) is 6.86. The minimum Gasteiger partial charge on any atom is -0.504 e. The molecule has 0 bridgehead atoms. The summed E-state index contributed by atoms with van der Waals surface area (Å²) >= 11 is 1.75. The summed E-state index contributed by atoms with van der Waals surface area (Å²) in [5.41, 5.74) is 1.72. The van der Waals surface area contributed by atoms with Gasteiger partial charge in [-0.25, -0.2) is 0 Å². The zero-order valence-corrected chi connectivity index (χ0v) is 12.8. The highest BCUT2D eigenvalue weighted by molar-refractivity contribution is 7.10. The summed E-state index contributed by atoms with van der Waals surface area (Å²) < 4.78 is 5.01. The molecule has 2 aromatic rings. The number of hydrogen-bond acceptors (Lipinski definition) is 4. The molecule has 1 aromatic heterocycles. The van der Waals surface area contributed by atoms with Crippen LogP contribution in [0.4, 0.5) is 0 Å². The van der Waals surface area contributed by atoms with Crippen LogP contribution in [-0.2, 0) is 6.42 Å². The zero-order chi connectivity index (χ0) is 15.0. The van der Waals surface area contributed by atoms with E-state index in [2.05, 4.69) is 11.4 Å². The molecule has 0 spiro atoms. The Morgan fingerprint density at radius 2 is 2.24 bits per heavy atom. The second-order valence-electron chi connectivity index (χ2n) is 5.11. The second-order valence-corrected chi connectivity index (χ2v) is 6.11. The van der Waals surface area contributed by atoms with Crippen LogP contribution < -0.4 is 4.74 Å². The van der Waals surface area contributed by atoms with E-state index in [1.807, 2.05) is 11.8 Å². The van der Waals surface area contributed by atoms with Crippen molar-refractivity contribution in [3.05, 3.63) is 45.6 Å². The maximum Gasteiger partial charge on any atom is 0.254 e. The molecule has 3 rings (SSSR count). The zero-order valence-electron chi connectivity index (χ0n) is 12.0. The van der Waals surface area contributed by atoms with E-state index in [1.54, 1.807) is 23.5 Å². The number of thiophene rings is 1. The van der Waals surface area contributed by atoms with E-state index in [0.717, 1.165) is 6.42 Å². The molecule has 1 amide bonds. The Hall–Kier alpha value is -2.01. The van der Waals surface area contributed by atoms with Crippen LogP contribution in [-0.4, -0.2) is 29.6 Å². The molecule has 0 fully saturated rings. The average molecular weight is 303 g/mol. The molecule has 1 aliphatic heterocycles. The van der Waals surface area contributed by atoms with Gasteiger partial charge in [0.2, 0.25) is 0 Å². The first kappa shape index (κ1) is 13.9. The lowest BCUT2D eigenvalue weighted by Crippen LogP contribution is -2.38. The van der Waals surface area contributed by atoms with Crippen LogP contribution in [0.15, 0.2) is 29.6 Å². The van der Waals surface area contributed by atoms with Gasteiger partial charge in [-0.2, -0.15) is 0 Å². The molecule has 0 saturated heterocycles. The van der Waals surface area contributed by atoms with Gasteiger partial charge in [0.1, 0.15) is 0 Å². The molecule has 2 heterocycles. The lowest BCUT2D eigenvalue weighted by Gasteiger charge is -2.33. The van der Waals surface area contributed by atoms with Crippen molar-refractivity contribution in [3.8, 4) is 11.5 Å². The lowest BCUT2D eigenvalue weighted by molar-refractivity contribution is 0.0679. The predicted molar refractivity (Wildman–Crippen MR) is 82.1 cm³/mol. The molecule has 0 aliphatic carbocycles. The Bertz CT molecular complexity index is 680. The van der Waals surface area contributed by atoms with Crippen molar-refractivity contribution in [2.45, 2.75) is 19.4 Å². The third-order valence-corrected chi connectivity index (χ3v) is 4.96. The van der Waals surface area contributed by atoms with Crippen LogP contribution in [0.25, 0.3) is 0 Å². The molecular weight excluding hydrogens is 286 g/mol. The average Bonchev–Trinajstić information content (AvgIpc) is 2.96. The standard InChI is InChI=1S/C16H17NO3S/c1-10-12-6-8-21-15(12)5-7-17(10)16(19)11-3-4-14(20-2)13(18)9-11/h3-4,6,8-10,18H,5,7H2,1-2H3. The number of aromatic hydroxyl groups is 1. The fourth-order valence-corrected chi connectivity index (χ4v) is 3.74. The van der Waals surface area contributed by atoms with Crippen LogP contribution in [0.2, 0.25) is 0 Å². The first-order valence-corrected chi connectivity index (χ1v) is 7.74. The quantitative estimate of drug-likeness (QED) is 0.926. The third kappa shape index (κ3) is 2.38. The maximum absolute atomic E-state index is 12.7. The number of phenols is 1. The minimum absolute atomic E-state index is 0.00997. The maximum atomic E-state index is 12.7. The summed E-state index contributed by atoms with van der Waals surface area (Å²) in [6.45, 7) is 2.76. The first-order chi connectivity index (χ1) is 10.1. The van der Waals surface area contributed by atoms with Crippen LogP contribution in [0.5, 0.6) is 11.5 Å². The Labute approximate surface area is 127 Å². The monoisotopic (exact) mass is 303 g/mol. The van der Waals surface area contributed by atoms with E-state index in [4.69, 9.17) is 4.74 Å². The molecule has 1 aromatic carbocycles. The number of fused-ring (bicyclic) bond motifs is 1. The lowest BCUT2D eigenvalue weighted by atomic mass is 10.0. The number of benzene rings is 1. The van der Waals surface area contributed by atoms with E-state index < -0.39 is 0 Å². The molecule has 0 radical (unpaired) electrons. The summed E-state index contributed by atoms with van der Waals surface area (Å²) in [6, 6.07) is 6.94. The number of nitrogens with zero attached hydrogens (tertiary/aromatic N) is 1. The molecule has 1 N–H and O–H groups in total. The Morgan fingerprint density at radius 1 is 1.43 bits per heavy atom. The molecular formula is C16H17NO3S. The van der Waals surface area contributed by atoms with Crippen LogP contribution in [0.3, 0.4) is 0 Å². The van der Waals surface area contributed by atoms with Gasteiger partial charge in [-0.05, 0) is 48.6 Å². The highest BCUT2D eigenvalue weighted by Gasteiger charge is 2.29. The number of carbonyl (C=O) groups is 1. The number of rotatable bonds is 2. The summed E-state index contributed by atoms with van der Waals surface area (Å²) in [5, 5.41) is 11.9. The fourth-order valence-electron chi connectivity index (χ4n) is 2.78. The molecule has 0 saturated carbocycles. The van der Waals surface area contributed by atoms with Crippen molar-refractivity contribution in [3.63, 3.8) is 0 Å². The number of hydrogen-bond donors (Lipinski definition) is 1. The van der Waals surface area contributed by atoms with E-state index in [9.17, 15) is 9.90 Å². The van der Waals surface area contributed by atoms with Crippen molar-refractivity contribution in [1.29, 1.82) is 0 Å². The van der Waals surface area contributed by atoms with Gasteiger partial charge >= 0.3 is 0 Å². The molecule has 1 atom stereocenters. The van der Waals surface area contributed by atoms with Gasteiger partial charge in [0, 0.05) is 17.0 Å². The molecule has 5 heteroatoms. The van der Waals surface area contributed by atoms with Gasteiger partial charge in [0.15, 0.2) is 11.5 Å². The summed E-state index contributed by atoms with van der Waals surface area (Å²) in [5.74, 6) is 0.305. The summed E-state index contributed by atoms with van der Waals surface area (Å²) in [4.78, 5) is 15.9. The Kier molecular flexibility index (Phi) is 3.59. The van der Waals surface area contributed by atoms with Crippen LogP contribution in [0, 0.1) is 0 Å². The largest absolute Gasteiger partial charge is 0.504 e. The highest BCUT2D eigenvalue weighted by Crippen LogP contribution is 2.34. The van der Waals surface area contributed by atoms with Crippen LogP contribution >= 0.6 is 11.3 Å². The van der Waals surface area contributed by atoms with Crippen molar-refractivity contribution in [1.82, 2.24) is 4.90 Å². The predicted octanol–water partition coefficient (Wildman–Crippen LogP) is 3.22. The second kappa shape index (κ2) is 5.41. The summed E-state index contributed by atoms with van der Waals surface area (Å²) in [6.07, 6.45) is 0.894. The van der Waals surface area contributed by atoms with Crippen molar-refractivity contribution < 1.29 is 14.6 Å². The van der Waals surface area contributed by atoms with Crippen molar-refractivity contribution in [2.75, 3.05) is 13.7 Å². The fraction of sp³-hybridized carbons (Fsp3) is 0.312. The minimum atomic E-state index is -0.0581. The van der Waals surface area contributed by atoms with Crippen molar-refractivity contribution >= 4 is 17.2 Å². The molecule has 21 heavy (non-hydrogen) atoms. The number of phenolic OH excluding ortho intramolecular Hbond substituents is 1. The number of methoxy groups -OCH3 is 1. The summed E-state index contributed by atoms with van der Waals surface area (Å²) in [7, 11) is 1.49.